The van der Waals surface area contributed by atoms with Crippen molar-refractivity contribution in [3.63, 3.8) is 0 Å². The van der Waals surface area contributed by atoms with E-state index in [0.29, 0.717) is 6.61 Å². The molecule has 0 saturated carbocycles. The van der Waals surface area contributed by atoms with Gasteiger partial charge in [-0.3, -0.25) is 4.98 Å². The minimum Gasteiger partial charge on any atom is -0.399 e. The van der Waals surface area contributed by atoms with Crippen molar-refractivity contribution in [2.75, 3.05) is 7.11 Å². The van der Waals surface area contributed by atoms with Crippen molar-refractivity contribution < 1.29 is 14.0 Å². The highest BCUT2D eigenvalue weighted by molar-refractivity contribution is 6.62. The summed E-state index contributed by atoms with van der Waals surface area (Å²) in [4.78, 5) is 4.52. The van der Waals surface area contributed by atoms with Gasteiger partial charge in [0.05, 0.1) is 17.8 Å². The van der Waals surface area contributed by atoms with Gasteiger partial charge in [0.25, 0.3) is 0 Å². The average molecular weight is 277 g/mol. The minimum atomic E-state index is -0.367. The van der Waals surface area contributed by atoms with Crippen LogP contribution in [0.15, 0.2) is 12.3 Å². The first-order valence-electron chi connectivity index (χ1n) is 7.13. The molecule has 4 nitrogen and oxygen atoms in total. The largest absolute Gasteiger partial charge is 0.496 e. The van der Waals surface area contributed by atoms with E-state index in [1.165, 1.54) is 0 Å². The number of methoxy groups -OCH3 is 1. The first kappa shape index (κ1) is 15.5. The Hall–Kier alpha value is -0.905. The van der Waals surface area contributed by atoms with Crippen LogP contribution in [0.25, 0.3) is 0 Å². The molecular formula is C15H24BNO3. The van der Waals surface area contributed by atoms with Gasteiger partial charge in [-0.2, -0.15) is 0 Å². The molecule has 1 aromatic rings. The highest BCUT2D eigenvalue weighted by Gasteiger charge is 2.51. The van der Waals surface area contributed by atoms with Crippen LogP contribution < -0.4 is 5.46 Å². The SMILES string of the molecule is CCc1ncc(B2OC(C)(C)C(C)(C)O2)cc1COC. The summed E-state index contributed by atoms with van der Waals surface area (Å²) in [6, 6.07) is 2.08. The molecule has 110 valence electrons. The zero-order chi connectivity index (χ0) is 15.0. The van der Waals surface area contributed by atoms with Gasteiger partial charge in [-0.15, -0.1) is 0 Å². The second kappa shape index (κ2) is 5.47. The maximum Gasteiger partial charge on any atom is 0.496 e. The van der Waals surface area contributed by atoms with Crippen molar-refractivity contribution in [3.05, 3.63) is 23.5 Å². The van der Waals surface area contributed by atoms with Gasteiger partial charge in [-0.25, -0.2) is 0 Å². The van der Waals surface area contributed by atoms with E-state index < -0.39 is 0 Å². The molecule has 1 saturated heterocycles. The Morgan fingerprint density at radius 2 is 1.80 bits per heavy atom. The summed E-state index contributed by atoms with van der Waals surface area (Å²) < 4.78 is 17.4. The lowest BCUT2D eigenvalue weighted by Gasteiger charge is -2.32. The van der Waals surface area contributed by atoms with Crippen LogP contribution in [0.3, 0.4) is 0 Å². The van der Waals surface area contributed by atoms with E-state index in [0.717, 1.165) is 23.1 Å². The molecule has 2 heterocycles. The Morgan fingerprint density at radius 3 is 2.30 bits per heavy atom. The van der Waals surface area contributed by atoms with Gasteiger partial charge >= 0.3 is 7.12 Å². The number of hydrogen-bond acceptors (Lipinski definition) is 4. The number of aromatic nitrogens is 1. The Balaban J connectivity index is 2.29. The first-order chi connectivity index (χ1) is 9.30. The van der Waals surface area contributed by atoms with Crippen LogP contribution in [-0.2, 0) is 27.1 Å². The van der Waals surface area contributed by atoms with E-state index in [4.69, 9.17) is 14.0 Å². The van der Waals surface area contributed by atoms with Crippen LogP contribution in [0, 0.1) is 0 Å². The first-order valence-corrected chi connectivity index (χ1v) is 7.13. The smallest absolute Gasteiger partial charge is 0.399 e. The molecule has 2 rings (SSSR count). The van der Waals surface area contributed by atoms with Crippen LogP contribution in [0.2, 0.25) is 0 Å². The molecule has 0 bridgehead atoms. The molecule has 0 amide bonds. The summed E-state index contributed by atoms with van der Waals surface area (Å²) in [5.74, 6) is 0. The van der Waals surface area contributed by atoms with Gasteiger partial charge in [0.1, 0.15) is 0 Å². The Labute approximate surface area is 122 Å². The van der Waals surface area contributed by atoms with Gasteiger partial charge < -0.3 is 14.0 Å². The molecule has 5 heteroatoms. The van der Waals surface area contributed by atoms with Gasteiger partial charge in [-0.1, -0.05) is 13.0 Å². The molecule has 0 aliphatic carbocycles. The normalized spacial score (nSPS) is 20.4. The summed E-state index contributed by atoms with van der Waals surface area (Å²) in [6.45, 7) is 10.9. The summed E-state index contributed by atoms with van der Waals surface area (Å²) in [6.07, 6.45) is 2.74. The van der Waals surface area contributed by atoms with Gasteiger partial charge in [0.15, 0.2) is 0 Å². The van der Waals surface area contributed by atoms with E-state index in [-0.39, 0.29) is 18.3 Å². The molecule has 1 fully saturated rings. The lowest BCUT2D eigenvalue weighted by Crippen LogP contribution is -2.41. The van der Waals surface area contributed by atoms with Crippen LogP contribution >= 0.6 is 0 Å². The molecule has 1 aliphatic heterocycles. The summed E-state index contributed by atoms with van der Waals surface area (Å²) in [5, 5.41) is 0. The molecule has 20 heavy (non-hydrogen) atoms. The molecule has 0 unspecified atom stereocenters. The molecular weight excluding hydrogens is 253 g/mol. The summed E-state index contributed by atoms with van der Waals surface area (Å²) in [7, 11) is 1.33. The maximum absolute atomic E-state index is 6.05. The lowest BCUT2D eigenvalue weighted by atomic mass is 9.79. The van der Waals surface area contributed by atoms with Crippen molar-refractivity contribution in [3.8, 4) is 0 Å². The van der Waals surface area contributed by atoms with Gasteiger partial charge in [0, 0.05) is 24.5 Å². The third-order valence-corrected chi connectivity index (χ3v) is 4.24. The zero-order valence-electron chi connectivity index (χ0n) is 13.3. The fraction of sp³-hybridized carbons (Fsp3) is 0.667. The maximum atomic E-state index is 6.05. The average Bonchev–Trinajstić information content (AvgIpc) is 2.59. The number of rotatable bonds is 4. The lowest BCUT2D eigenvalue weighted by molar-refractivity contribution is 0.00578. The van der Waals surface area contributed by atoms with E-state index >= 15 is 0 Å². The van der Waals surface area contributed by atoms with Crippen molar-refractivity contribution in [1.82, 2.24) is 4.98 Å². The minimum absolute atomic E-state index is 0.331. The second-order valence-corrected chi connectivity index (χ2v) is 6.25. The van der Waals surface area contributed by atoms with Crippen molar-refractivity contribution in [2.45, 2.75) is 58.8 Å². The standard InChI is InChI=1S/C15H24BNO3/c1-7-13-11(10-18-6)8-12(9-17-13)16-19-14(2,3)15(4,5)20-16/h8-9H,7,10H2,1-6H3. The van der Waals surface area contributed by atoms with E-state index in [9.17, 15) is 0 Å². The highest BCUT2D eigenvalue weighted by Crippen LogP contribution is 2.36. The topological polar surface area (TPSA) is 40.6 Å². The number of aryl methyl sites for hydroxylation is 1. The molecule has 0 atom stereocenters. The quantitative estimate of drug-likeness (QED) is 0.790. The van der Waals surface area contributed by atoms with Crippen molar-refractivity contribution in [2.24, 2.45) is 0 Å². The molecule has 1 aromatic heterocycles. The fourth-order valence-electron chi connectivity index (χ4n) is 2.26. The van der Waals surface area contributed by atoms with Crippen LogP contribution in [-0.4, -0.2) is 30.4 Å². The predicted molar refractivity (Wildman–Crippen MR) is 80.0 cm³/mol. The predicted octanol–water partition coefficient (Wildman–Crippen LogP) is 2.09. The second-order valence-electron chi connectivity index (χ2n) is 6.25. The number of hydrogen-bond donors (Lipinski definition) is 0. The Morgan fingerprint density at radius 1 is 1.20 bits per heavy atom. The van der Waals surface area contributed by atoms with E-state index in [1.807, 2.05) is 6.20 Å². The molecule has 0 N–H and O–H groups in total. The summed E-state index contributed by atoms with van der Waals surface area (Å²) in [5.41, 5.74) is 2.45. The fourth-order valence-corrected chi connectivity index (χ4v) is 2.26. The van der Waals surface area contributed by atoms with E-state index in [2.05, 4.69) is 45.7 Å². The number of ether oxygens (including phenoxy) is 1. The molecule has 1 aliphatic rings. The van der Waals surface area contributed by atoms with Crippen LogP contribution in [0.1, 0.15) is 45.9 Å². The third-order valence-electron chi connectivity index (χ3n) is 4.24. The van der Waals surface area contributed by atoms with Crippen LogP contribution in [0.5, 0.6) is 0 Å². The summed E-state index contributed by atoms with van der Waals surface area (Å²) >= 11 is 0. The van der Waals surface area contributed by atoms with Crippen LogP contribution in [0.4, 0.5) is 0 Å². The monoisotopic (exact) mass is 277 g/mol. The molecule has 0 radical (unpaired) electrons. The third kappa shape index (κ3) is 2.75. The Kier molecular flexibility index (Phi) is 4.23. The van der Waals surface area contributed by atoms with Crippen molar-refractivity contribution >= 4 is 12.6 Å². The zero-order valence-corrected chi connectivity index (χ0v) is 13.3. The Bertz CT molecular complexity index is 472. The van der Waals surface area contributed by atoms with Gasteiger partial charge in [0.2, 0.25) is 0 Å². The van der Waals surface area contributed by atoms with E-state index in [1.54, 1.807) is 7.11 Å². The van der Waals surface area contributed by atoms with Gasteiger partial charge in [-0.05, 0) is 39.7 Å². The molecule has 0 aromatic carbocycles. The van der Waals surface area contributed by atoms with Crippen molar-refractivity contribution in [1.29, 1.82) is 0 Å². The number of nitrogens with zero attached hydrogens (tertiary/aromatic N) is 1. The highest BCUT2D eigenvalue weighted by atomic mass is 16.7. The number of pyridine rings is 1. The molecule has 0 spiro atoms.